The molecule has 0 rings (SSSR count). The number of nitrogens with zero attached hydrogens (tertiary/aromatic N) is 1. The van der Waals surface area contributed by atoms with Gasteiger partial charge in [0.15, 0.2) is 0 Å². The van der Waals surface area contributed by atoms with Gasteiger partial charge in [-0.15, -0.1) is 6.58 Å². The summed E-state index contributed by atoms with van der Waals surface area (Å²) in [5.41, 5.74) is 5.83. The first-order valence-electron chi connectivity index (χ1n) is 4.18. The van der Waals surface area contributed by atoms with Crippen LogP contribution >= 0.6 is 0 Å². The molecule has 0 spiro atoms. The first-order valence-corrected chi connectivity index (χ1v) is 4.18. The van der Waals surface area contributed by atoms with Crippen LogP contribution in [0, 0.1) is 0 Å². The molecule has 0 aromatic rings. The minimum absolute atomic E-state index is 0.343. The molecule has 0 fully saturated rings. The lowest BCUT2D eigenvalue weighted by Crippen LogP contribution is -2.25. The molecule has 0 aromatic heterocycles. The molecule has 0 radical (unpaired) electrons. The summed E-state index contributed by atoms with van der Waals surface area (Å²) in [7, 11) is 4.14. The molecule has 1 unspecified atom stereocenters. The van der Waals surface area contributed by atoms with Gasteiger partial charge in [-0.3, -0.25) is 0 Å². The second-order valence-electron chi connectivity index (χ2n) is 3.22. The van der Waals surface area contributed by atoms with Crippen molar-refractivity contribution in [2.75, 3.05) is 20.6 Å². The van der Waals surface area contributed by atoms with Gasteiger partial charge in [0.1, 0.15) is 0 Å². The van der Waals surface area contributed by atoms with Gasteiger partial charge in [0.05, 0.1) is 0 Å². The molecule has 1 atom stereocenters. The smallest absolute Gasteiger partial charge is 0.00539 e. The summed E-state index contributed by atoms with van der Waals surface area (Å²) in [6.45, 7) is 4.74. The minimum atomic E-state index is 0.343. The number of hydrogen-bond acceptors (Lipinski definition) is 2. The van der Waals surface area contributed by atoms with E-state index in [4.69, 9.17) is 5.73 Å². The normalized spacial score (nSPS) is 13.5. The third kappa shape index (κ3) is 7.56. The molecule has 0 heterocycles. The number of hydrogen-bond donors (Lipinski definition) is 1. The molecule has 0 saturated carbocycles. The maximum Gasteiger partial charge on any atom is 0.00539 e. The molecule has 66 valence electrons. The summed E-state index contributed by atoms with van der Waals surface area (Å²) in [6.07, 6.45) is 5.11. The molecule has 0 saturated heterocycles. The van der Waals surface area contributed by atoms with Crippen LogP contribution in [0.2, 0.25) is 0 Å². The van der Waals surface area contributed by atoms with Gasteiger partial charge in [0, 0.05) is 6.04 Å². The van der Waals surface area contributed by atoms with Gasteiger partial charge in [-0.2, -0.15) is 0 Å². The molecule has 0 aromatic carbocycles. The highest BCUT2D eigenvalue weighted by molar-refractivity contribution is 4.71. The van der Waals surface area contributed by atoms with Crippen LogP contribution in [0.15, 0.2) is 12.7 Å². The molecule has 0 amide bonds. The van der Waals surface area contributed by atoms with Crippen molar-refractivity contribution in [3.8, 4) is 0 Å². The highest BCUT2D eigenvalue weighted by atomic mass is 15.0. The van der Waals surface area contributed by atoms with E-state index in [-0.39, 0.29) is 0 Å². The molecular formula is C9H20N2. The Morgan fingerprint density at radius 3 is 2.55 bits per heavy atom. The fraction of sp³-hybridized carbons (Fsp3) is 0.778. The third-order valence-electron chi connectivity index (χ3n) is 1.69. The van der Waals surface area contributed by atoms with Crippen molar-refractivity contribution >= 4 is 0 Å². The molecular weight excluding hydrogens is 136 g/mol. The van der Waals surface area contributed by atoms with E-state index in [1.165, 1.54) is 0 Å². The van der Waals surface area contributed by atoms with Gasteiger partial charge in [-0.05, 0) is 39.9 Å². The minimum Gasteiger partial charge on any atom is -0.328 e. The zero-order valence-electron chi connectivity index (χ0n) is 7.71. The molecule has 2 nitrogen and oxygen atoms in total. The largest absolute Gasteiger partial charge is 0.328 e. The number of nitrogens with two attached hydrogens (primary N) is 1. The van der Waals surface area contributed by atoms with Gasteiger partial charge in [0.25, 0.3) is 0 Å². The SMILES string of the molecule is C=CCCC(N)CCN(C)C. The lowest BCUT2D eigenvalue weighted by Gasteiger charge is -2.13. The van der Waals surface area contributed by atoms with Gasteiger partial charge >= 0.3 is 0 Å². The van der Waals surface area contributed by atoms with Crippen LogP contribution in [0.1, 0.15) is 19.3 Å². The fourth-order valence-electron chi connectivity index (χ4n) is 0.900. The van der Waals surface area contributed by atoms with E-state index in [9.17, 15) is 0 Å². The van der Waals surface area contributed by atoms with Crippen LogP contribution in [0.25, 0.3) is 0 Å². The van der Waals surface area contributed by atoms with E-state index < -0.39 is 0 Å². The van der Waals surface area contributed by atoms with Gasteiger partial charge < -0.3 is 10.6 Å². The topological polar surface area (TPSA) is 29.3 Å². The maximum atomic E-state index is 5.83. The van der Waals surface area contributed by atoms with Crippen molar-refractivity contribution in [3.63, 3.8) is 0 Å². The summed E-state index contributed by atoms with van der Waals surface area (Å²) >= 11 is 0. The van der Waals surface area contributed by atoms with E-state index in [2.05, 4.69) is 25.6 Å². The van der Waals surface area contributed by atoms with E-state index in [1.54, 1.807) is 0 Å². The van der Waals surface area contributed by atoms with Gasteiger partial charge in [-0.1, -0.05) is 6.08 Å². The van der Waals surface area contributed by atoms with E-state index >= 15 is 0 Å². The Morgan fingerprint density at radius 1 is 1.45 bits per heavy atom. The summed E-state index contributed by atoms with van der Waals surface area (Å²) in [5, 5.41) is 0. The summed E-state index contributed by atoms with van der Waals surface area (Å²) in [5.74, 6) is 0. The first kappa shape index (κ1) is 10.7. The molecule has 2 heteroatoms. The van der Waals surface area contributed by atoms with Crippen molar-refractivity contribution in [1.29, 1.82) is 0 Å². The first-order chi connectivity index (χ1) is 5.16. The average Bonchev–Trinajstić information content (AvgIpc) is 1.97. The molecule has 0 bridgehead atoms. The predicted molar refractivity (Wildman–Crippen MR) is 50.6 cm³/mol. The second-order valence-corrected chi connectivity index (χ2v) is 3.22. The monoisotopic (exact) mass is 156 g/mol. The molecule has 2 N–H and O–H groups in total. The quantitative estimate of drug-likeness (QED) is 0.586. The Balaban J connectivity index is 3.21. The Morgan fingerprint density at radius 2 is 2.09 bits per heavy atom. The van der Waals surface area contributed by atoms with E-state index in [0.717, 1.165) is 25.8 Å². The average molecular weight is 156 g/mol. The highest BCUT2D eigenvalue weighted by Crippen LogP contribution is 1.99. The van der Waals surface area contributed by atoms with Crippen LogP contribution in [-0.4, -0.2) is 31.6 Å². The molecule has 0 aliphatic rings. The lowest BCUT2D eigenvalue weighted by molar-refractivity contribution is 0.375. The summed E-state index contributed by atoms with van der Waals surface area (Å²) in [4.78, 5) is 2.16. The lowest BCUT2D eigenvalue weighted by atomic mass is 10.1. The van der Waals surface area contributed by atoms with Crippen molar-refractivity contribution < 1.29 is 0 Å². The van der Waals surface area contributed by atoms with Gasteiger partial charge in [-0.25, -0.2) is 0 Å². The standard InChI is InChI=1S/C9H20N2/c1-4-5-6-9(10)7-8-11(2)3/h4,9H,1,5-8,10H2,2-3H3. The molecule has 11 heavy (non-hydrogen) atoms. The van der Waals surface area contributed by atoms with E-state index in [0.29, 0.717) is 6.04 Å². The molecule has 0 aliphatic carbocycles. The summed E-state index contributed by atoms with van der Waals surface area (Å²) < 4.78 is 0. The second kappa shape index (κ2) is 6.38. The Hall–Kier alpha value is -0.340. The Labute approximate surface area is 70.1 Å². The van der Waals surface area contributed by atoms with Crippen molar-refractivity contribution in [2.45, 2.75) is 25.3 Å². The van der Waals surface area contributed by atoms with Crippen LogP contribution in [0.5, 0.6) is 0 Å². The van der Waals surface area contributed by atoms with Crippen molar-refractivity contribution in [1.82, 2.24) is 4.90 Å². The number of allylic oxidation sites excluding steroid dienone is 1. The third-order valence-corrected chi connectivity index (χ3v) is 1.69. The van der Waals surface area contributed by atoms with E-state index in [1.807, 2.05) is 6.08 Å². The zero-order valence-corrected chi connectivity index (χ0v) is 7.71. The highest BCUT2D eigenvalue weighted by Gasteiger charge is 2.00. The van der Waals surface area contributed by atoms with Crippen LogP contribution in [-0.2, 0) is 0 Å². The van der Waals surface area contributed by atoms with Crippen LogP contribution in [0.3, 0.4) is 0 Å². The predicted octanol–water partition coefficient (Wildman–Crippen LogP) is 1.23. The molecule has 0 aliphatic heterocycles. The Bertz CT molecular complexity index is 99.7. The number of rotatable bonds is 6. The van der Waals surface area contributed by atoms with Crippen molar-refractivity contribution in [3.05, 3.63) is 12.7 Å². The van der Waals surface area contributed by atoms with Crippen molar-refractivity contribution in [2.24, 2.45) is 5.73 Å². The van der Waals surface area contributed by atoms with Crippen LogP contribution in [0.4, 0.5) is 0 Å². The fourth-order valence-corrected chi connectivity index (χ4v) is 0.900. The Kier molecular flexibility index (Phi) is 6.18. The zero-order chi connectivity index (χ0) is 8.69. The maximum absolute atomic E-state index is 5.83. The summed E-state index contributed by atoms with van der Waals surface area (Å²) in [6, 6.07) is 0.343. The van der Waals surface area contributed by atoms with Crippen LogP contribution < -0.4 is 5.73 Å². The van der Waals surface area contributed by atoms with Gasteiger partial charge in [0.2, 0.25) is 0 Å².